The summed E-state index contributed by atoms with van der Waals surface area (Å²) < 4.78 is 44.6. The Balaban J connectivity index is 1.81. The van der Waals surface area contributed by atoms with Gasteiger partial charge in [0.2, 0.25) is 0 Å². The Labute approximate surface area is 264 Å². The van der Waals surface area contributed by atoms with Gasteiger partial charge < -0.3 is 19.5 Å². The topological polar surface area (TPSA) is 102 Å². The van der Waals surface area contributed by atoms with E-state index in [0.717, 1.165) is 21.1 Å². The molecular weight excluding hydrogens is 613 g/mol. The number of hydrogen-bond donors (Lipinski definition) is 1. The predicted octanol–water partition coefficient (Wildman–Crippen LogP) is 8.54. The summed E-state index contributed by atoms with van der Waals surface area (Å²) in [4.78, 5) is 14.8. The maximum absolute atomic E-state index is 12.9. The molecule has 0 radical (unpaired) electrons. The molecule has 0 saturated heterocycles. The van der Waals surface area contributed by atoms with Crippen LogP contribution in [0, 0.1) is 0 Å². The van der Waals surface area contributed by atoms with Gasteiger partial charge in [-0.3, -0.25) is 13.6 Å². The number of ether oxygens (including phenoxy) is 3. The molecule has 1 N–H and O–H groups in total. The van der Waals surface area contributed by atoms with Gasteiger partial charge in [0.1, 0.15) is 11.4 Å². The number of benzene rings is 2. The Kier molecular flexibility index (Phi) is 13.0. The van der Waals surface area contributed by atoms with E-state index in [4.69, 9.17) is 39.4 Å². The zero-order valence-corrected chi connectivity index (χ0v) is 28.2. The van der Waals surface area contributed by atoms with Crippen molar-refractivity contribution in [2.24, 2.45) is 0 Å². The summed E-state index contributed by atoms with van der Waals surface area (Å²) in [5.41, 5.74) is 0.419. The van der Waals surface area contributed by atoms with Crippen LogP contribution in [0.25, 0.3) is 0 Å². The van der Waals surface area contributed by atoms with E-state index in [0.29, 0.717) is 30.2 Å². The Bertz CT molecular complexity index is 1290. The highest BCUT2D eigenvalue weighted by atomic mass is 35.5. The molecule has 1 atom stereocenters. The molecule has 1 aliphatic rings. The minimum Gasteiger partial charge on any atom is -0.466 e. The van der Waals surface area contributed by atoms with Crippen molar-refractivity contribution < 1.29 is 37.1 Å². The zero-order valence-electron chi connectivity index (χ0n) is 25.8. The molecule has 1 amide bonds. The number of phosphoric acid groups is 1. The highest BCUT2D eigenvalue weighted by molar-refractivity contribution is 7.99. The number of alkyl carbamates (subject to hydrolysis) is 1. The Hall–Kier alpha value is -2.04. The molecule has 1 aliphatic carbocycles. The number of nitrogens with one attached hydrogen (secondary N) is 1. The molecule has 12 heteroatoms. The normalized spacial score (nSPS) is 15.0. The minimum atomic E-state index is -3.82. The van der Waals surface area contributed by atoms with E-state index < -0.39 is 25.1 Å². The summed E-state index contributed by atoms with van der Waals surface area (Å²) in [6.07, 6.45) is 4.58. The lowest BCUT2D eigenvalue weighted by molar-refractivity contribution is 0.0369. The molecule has 1 fully saturated rings. The first-order valence-corrected chi connectivity index (χ1v) is 16.7. The van der Waals surface area contributed by atoms with Gasteiger partial charge in [-0.05, 0) is 94.2 Å². The summed E-state index contributed by atoms with van der Waals surface area (Å²) in [5, 5.41) is 3.50. The van der Waals surface area contributed by atoms with E-state index in [1.165, 1.54) is 32.6 Å². The van der Waals surface area contributed by atoms with Gasteiger partial charge in [-0.25, -0.2) is 9.36 Å². The first-order chi connectivity index (χ1) is 20.3. The SMILES string of the molecule is C=CCC(CCc1ccc(Sc2cc(C3CC3)ccc2OCOC)cc1Cl)(COP(=O)(OC)OC)NC(=O)OC(C)(C)C. The average Bonchev–Trinajstić information content (AvgIpc) is 3.80. The number of carbonyl (C=O) groups is 1. The van der Waals surface area contributed by atoms with Crippen LogP contribution in [0.5, 0.6) is 5.75 Å². The molecule has 3 rings (SSSR count). The number of phosphoric ester groups is 1. The zero-order chi connectivity index (χ0) is 31.7. The molecule has 43 heavy (non-hydrogen) atoms. The molecule has 2 aromatic carbocycles. The van der Waals surface area contributed by atoms with Gasteiger partial charge in [0, 0.05) is 31.2 Å². The maximum Gasteiger partial charge on any atom is 0.474 e. The Morgan fingerprint density at radius 3 is 2.44 bits per heavy atom. The van der Waals surface area contributed by atoms with E-state index in [1.54, 1.807) is 45.7 Å². The summed E-state index contributed by atoms with van der Waals surface area (Å²) >= 11 is 8.37. The van der Waals surface area contributed by atoms with E-state index in [2.05, 4.69) is 24.0 Å². The average molecular weight is 656 g/mol. The molecule has 9 nitrogen and oxygen atoms in total. The molecule has 0 spiro atoms. The van der Waals surface area contributed by atoms with Gasteiger partial charge in [0.05, 0.1) is 17.0 Å². The van der Waals surface area contributed by atoms with Crippen molar-refractivity contribution in [3.63, 3.8) is 0 Å². The van der Waals surface area contributed by atoms with Gasteiger partial charge in [0.25, 0.3) is 0 Å². The lowest BCUT2D eigenvalue weighted by Crippen LogP contribution is -2.53. The second kappa shape index (κ2) is 15.8. The van der Waals surface area contributed by atoms with Gasteiger partial charge >= 0.3 is 13.9 Å². The molecule has 0 aromatic heterocycles. The summed E-state index contributed by atoms with van der Waals surface area (Å²) in [7, 11) is 0.234. The van der Waals surface area contributed by atoms with Crippen LogP contribution in [0.1, 0.15) is 63.5 Å². The third-order valence-corrected chi connectivity index (χ3v) is 9.44. The van der Waals surface area contributed by atoms with Crippen molar-refractivity contribution >= 4 is 37.3 Å². The quantitative estimate of drug-likeness (QED) is 0.102. The predicted molar refractivity (Wildman–Crippen MR) is 169 cm³/mol. The Morgan fingerprint density at radius 1 is 1.14 bits per heavy atom. The van der Waals surface area contributed by atoms with Gasteiger partial charge in [-0.15, -0.1) is 6.58 Å². The van der Waals surface area contributed by atoms with E-state index >= 15 is 0 Å². The first kappa shape index (κ1) is 35.4. The fourth-order valence-electron chi connectivity index (χ4n) is 4.37. The number of rotatable bonds is 17. The van der Waals surface area contributed by atoms with Gasteiger partial charge in [0.15, 0.2) is 6.79 Å². The van der Waals surface area contributed by atoms with E-state index in [9.17, 15) is 9.36 Å². The van der Waals surface area contributed by atoms with Crippen molar-refractivity contribution in [3.8, 4) is 5.75 Å². The standard InChI is InChI=1S/C31H43ClNO8PS/c1-8-16-31(20-40-42(35,37-6)38-7,33-29(34)41-30(2,3)4)17-15-23-11-13-25(19-26(23)32)43-28-18-24(22-9-10-22)12-14-27(28)39-21-36-5/h8,11-14,18-19,22H,1,9-10,15-17,20-21H2,2-7H3,(H,33,34). The third kappa shape index (κ3) is 11.1. The fraction of sp³-hybridized carbons (Fsp3) is 0.516. The number of aryl methyl sites for hydroxylation is 1. The summed E-state index contributed by atoms with van der Waals surface area (Å²) in [6, 6.07) is 12.2. The largest absolute Gasteiger partial charge is 0.474 e. The van der Waals surface area contributed by atoms with Crippen LogP contribution in [0.4, 0.5) is 4.79 Å². The molecular formula is C31H43ClNO8PS. The lowest BCUT2D eigenvalue weighted by Gasteiger charge is -2.35. The van der Waals surface area contributed by atoms with E-state index in [-0.39, 0.29) is 13.4 Å². The number of carbonyl (C=O) groups excluding carboxylic acids is 1. The smallest absolute Gasteiger partial charge is 0.466 e. The monoisotopic (exact) mass is 655 g/mol. The molecule has 0 aliphatic heterocycles. The van der Waals surface area contributed by atoms with Crippen LogP contribution in [-0.2, 0) is 34.0 Å². The first-order valence-electron chi connectivity index (χ1n) is 14.0. The number of amides is 1. The van der Waals surface area contributed by atoms with Gasteiger partial charge in [-0.2, -0.15) is 0 Å². The lowest BCUT2D eigenvalue weighted by atomic mass is 9.88. The molecule has 1 unspecified atom stereocenters. The van der Waals surface area contributed by atoms with E-state index in [1.807, 2.05) is 24.3 Å². The van der Waals surface area contributed by atoms with Crippen molar-refractivity contribution in [2.75, 3.05) is 34.7 Å². The molecule has 2 aromatic rings. The molecule has 238 valence electrons. The van der Waals surface area contributed by atoms with Crippen LogP contribution in [0.3, 0.4) is 0 Å². The number of hydrogen-bond acceptors (Lipinski definition) is 9. The molecule has 1 saturated carbocycles. The Morgan fingerprint density at radius 2 is 1.86 bits per heavy atom. The summed E-state index contributed by atoms with van der Waals surface area (Å²) in [5.74, 6) is 1.36. The minimum absolute atomic E-state index is 0.160. The highest BCUT2D eigenvalue weighted by Gasteiger charge is 2.37. The van der Waals surface area contributed by atoms with Crippen molar-refractivity contribution in [1.82, 2.24) is 5.32 Å². The maximum atomic E-state index is 12.9. The van der Waals surface area contributed by atoms with Crippen molar-refractivity contribution in [2.45, 2.75) is 79.7 Å². The number of halogens is 1. The summed E-state index contributed by atoms with van der Waals surface area (Å²) in [6.45, 7) is 9.16. The van der Waals surface area contributed by atoms with Crippen LogP contribution < -0.4 is 10.1 Å². The second-order valence-electron chi connectivity index (χ2n) is 11.4. The second-order valence-corrected chi connectivity index (χ2v) is 14.8. The van der Waals surface area contributed by atoms with Crippen molar-refractivity contribution in [1.29, 1.82) is 0 Å². The highest BCUT2D eigenvalue weighted by Crippen LogP contribution is 2.49. The third-order valence-electron chi connectivity index (χ3n) is 6.72. The van der Waals surface area contributed by atoms with Crippen LogP contribution >= 0.6 is 31.2 Å². The number of methoxy groups -OCH3 is 1. The fourth-order valence-corrected chi connectivity index (χ4v) is 6.47. The van der Waals surface area contributed by atoms with Crippen LogP contribution in [0.15, 0.2) is 58.8 Å². The van der Waals surface area contributed by atoms with Crippen LogP contribution in [0.2, 0.25) is 5.02 Å². The van der Waals surface area contributed by atoms with Crippen LogP contribution in [-0.4, -0.2) is 52.0 Å². The van der Waals surface area contributed by atoms with Gasteiger partial charge in [-0.1, -0.05) is 41.6 Å². The molecule has 0 bridgehead atoms. The molecule has 0 heterocycles. The van der Waals surface area contributed by atoms with Crippen molar-refractivity contribution in [3.05, 3.63) is 65.2 Å².